The molecular formula is C21H28N2O3. The maximum atomic E-state index is 12.5. The molecule has 5 nitrogen and oxygen atoms in total. The number of amides is 2. The van der Waals surface area contributed by atoms with Gasteiger partial charge in [0.1, 0.15) is 0 Å². The monoisotopic (exact) mass is 356 g/mol. The van der Waals surface area contributed by atoms with Gasteiger partial charge in [-0.1, -0.05) is 36.9 Å². The first-order valence-electron chi connectivity index (χ1n) is 9.51. The number of aliphatic hydroxyl groups is 1. The smallest absolute Gasteiger partial charge is 0.245 e. The summed E-state index contributed by atoms with van der Waals surface area (Å²) in [6.45, 7) is 4.73. The van der Waals surface area contributed by atoms with E-state index in [4.69, 9.17) is 0 Å². The molecule has 0 spiro atoms. The summed E-state index contributed by atoms with van der Waals surface area (Å²) in [5.41, 5.74) is 0.183. The maximum absolute atomic E-state index is 12.5. The number of benzene rings is 1. The van der Waals surface area contributed by atoms with Crippen LogP contribution in [0.4, 0.5) is 0 Å². The van der Waals surface area contributed by atoms with Crippen LogP contribution < -0.4 is 5.32 Å². The number of nitrogens with one attached hydrogen (secondary N) is 1. The third-order valence-corrected chi connectivity index (χ3v) is 5.82. The third-order valence-electron chi connectivity index (χ3n) is 5.82. The fourth-order valence-corrected chi connectivity index (χ4v) is 4.09. The minimum absolute atomic E-state index is 0.0289. The van der Waals surface area contributed by atoms with Crippen molar-refractivity contribution in [2.24, 2.45) is 5.92 Å². The van der Waals surface area contributed by atoms with Gasteiger partial charge in [0.05, 0.1) is 5.60 Å². The highest BCUT2D eigenvalue weighted by atomic mass is 16.3. The normalized spacial score (nSPS) is 27.0. The Kier molecular flexibility index (Phi) is 5.77. The zero-order valence-corrected chi connectivity index (χ0v) is 15.2. The summed E-state index contributed by atoms with van der Waals surface area (Å²) in [4.78, 5) is 25.9. The van der Waals surface area contributed by atoms with Crippen molar-refractivity contribution in [3.8, 4) is 0 Å². The summed E-state index contributed by atoms with van der Waals surface area (Å²) in [6.07, 6.45) is 5.62. The zero-order chi connectivity index (χ0) is 18.6. The molecule has 3 rings (SSSR count). The Hall–Kier alpha value is -2.14. The van der Waals surface area contributed by atoms with Gasteiger partial charge in [0.15, 0.2) is 0 Å². The van der Waals surface area contributed by atoms with Gasteiger partial charge in [0, 0.05) is 25.0 Å². The molecule has 140 valence electrons. The zero-order valence-electron chi connectivity index (χ0n) is 15.2. The minimum Gasteiger partial charge on any atom is -0.385 e. The van der Waals surface area contributed by atoms with E-state index in [9.17, 15) is 14.7 Å². The van der Waals surface area contributed by atoms with Gasteiger partial charge in [0.2, 0.25) is 11.8 Å². The molecule has 26 heavy (non-hydrogen) atoms. The average Bonchev–Trinajstić information content (AvgIpc) is 2.70. The van der Waals surface area contributed by atoms with Crippen molar-refractivity contribution < 1.29 is 14.7 Å². The van der Waals surface area contributed by atoms with Crippen LogP contribution in [0.1, 0.15) is 44.1 Å². The number of likely N-dealkylation sites (tertiary alicyclic amines) is 1. The Morgan fingerprint density at radius 2 is 1.73 bits per heavy atom. The predicted octanol–water partition coefficient (Wildman–Crippen LogP) is 2.36. The number of rotatable bonds is 4. The Morgan fingerprint density at radius 1 is 1.12 bits per heavy atom. The molecule has 1 saturated carbocycles. The first-order valence-corrected chi connectivity index (χ1v) is 9.51. The second-order valence-corrected chi connectivity index (χ2v) is 7.48. The van der Waals surface area contributed by atoms with Gasteiger partial charge >= 0.3 is 0 Å². The van der Waals surface area contributed by atoms with Crippen molar-refractivity contribution >= 4 is 11.8 Å². The fraction of sp³-hybridized carbons (Fsp3) is 0.524. The molecule has 2 amide bonds. The molecule has 1 heterocycles. The molecule has 0 unspecified atom stereocenters. The molecule has 1 aromatic rings. The number of hydrogen-bond donors (Lipinski definition) is 2. The quantitative estimate of drug-likeness (QED) is 0.814. The summed E-state index contributed by atoms with van der Waals surface area (Å²) in [6, 6.07) is 9.91. The second-order valence-electron chi connectivity index (χ2n) is 7.48. The third kappa shape index (κ3) is 4.15. The lowest BCUT2D eigenvalue weighted by molar-refractivity contribution is -0.132. The summed E-state index contributed by atoms with van der Waals surface area (Å²) >= 11 is 0. The molecule has 1 aliphatic carbocycles. The molecule has 0 atom stereocenters. The van der Waals surface area contributed by atoms with Crippen LogP contribution in [0.15, 0.2) is 43.0 Å². The maximum Gasteiger partial charge on any atom is 0.245 e. The van der Waals surface area contributed by atoms with Crippen LogP contribution in [0.5, 0.6) is 0 Å². The van der Waals surface area contributed by atoms with Crippen LogP contribution in [-0.2, 0) is 15.2 Å². The Morgan fingerprint density at radius 3 is 2.31 bits per heavy atom. The molecule has 2 N–H and O–H groups in total. The molecule has 2 fully saturated rings. The van der Waals surface area contributed by atoms with Crippen molar-refractivity contribution in [1.29, 1.82) is 0 Å². The standard InChI is InChI=1S/C21H28N2O3/c1-2-19(24)23-14-10-16(11-15-23)20(25)22-18-8-12-21(26,13-9-18)17-6-4-3-5-7-17/h2-7,16,18,26H,1,8-15H2,(H,22,25). The van der Waals surface area contributed by atoms with E-state index in [2.05, 4.69) is 11.9 Å². The molecule has 0 bridgehead atoms. The van der Waals surface area contributed by atoms with E-state index in [1.807, 2.05) is 30.3 Å². The molecule has 1 saturated heterocycles. The number of nitrogens with zero attached hydrogens (tertiary/aromatic N) is 1. The van der Waals surface area contributed by atoms with Gasteiger partial charge in [-0.15, -0.1) is 0 Å². The van der Waals surface area contributed by atoms with Crippen molar-refractivity contribution in [3.63, 3.8) is 0 Å². The minimum atomic E-state index is -0.779. The topological polar surface area (TPSA) is 69.6 Å². The van der Waals surface area contributed by atoms with Gasteiger partial charge in [0.25, 0.3) is 0 Å². The molecule has 5 heteroatoms. The van der Waals surface area contributed by atoms with Gasteiger partial charge in [-0.25, -0.2) is 0 Å². The summed E-state index contributed by atoms with van der Waals surface area (Å²) < 4.78 is 0. The highest BCUT2D eigenvalue weighted by Crippen LogP contribution is 2.37. The van der Waals surface area contributed by atoms with E-state index in [-0.39, 0.29) is 23.8 Å². The molecule has 1 aromatic carbocycles. The lowest BCUT2D eigenvalue weighted by Gasteiger charge is -2.37. The van der Waals surface area contributed by atoms with E-state index < -0.39 is 5.60 Å². The van der Waals surface area contributed by atoms with Crippen LogP contribution in [0, 0.1) is 5.92 Å². The van der Waals surface area contributed by atoms with Crippen LogP contribution in [0.2, 0.25) is 0 Å². The number of carbonyl (C=O) groups excluding carboxylic acids is 2. The van der Waals surface area contributed by atoms with Crippen LogP contribution >= 0.6 is 0 Å². The Balaban J connectivity index is 1.47. The fourth-order valence-electron chi connectivity index (χ4n) is 4.09. The van der Waals surface area contributed by atoms with E-state index in [1.165, 1.54) is 6.08 Å². The highest BCUT2D eigenvalue weighted by molar-refractivity contribution is 5.87. The molecular weight excluding hydrogens is 328 g/mol. The Bertz CT molecular complexity index is 642. The lowest BCUT2D eigenvalue weighted by atomic mass is 9.77. The van der Waals surface area contributed by atoms with Crippen molar-refractivity contribution in [2.75, 3.05) is 13.1 Å². The van der Waals surface area contributed by atoms with Crippen LogP contribution in [0.3, 0.4) is 0 Å². The van der Waals surface area contributed by atoms with E-state index >= 15 is 0 Å². The summed E-state index contributed by atoms with van der Waals surface area (Å²) in [7, 11) is 0. The molecule has 0 aromatic heterocycles. The molecule has 0 radical (unpaired) electrons. The SMILES string of the molecule is C=CC(=O)N1CCC(C(=O)NC2CCC(O)(c3ccccc3)CC2)CC1. The predicted molar refractivity (Wildman–Crippen MR) is 100 cm³/mol. The average molecular weight is 356 g/mol. The highest BCUT2D eigenvalue weighted by Gasteiger charge is 2.36. The second kappa shape index (κ2) is 8.04. The molecule has 2 aliphatic rings. The van der Waals surface area contributed by atoms with E-state index in [0.29, 0.717) is 38.8 Å². The first-order chi connectivity index (χ1) is 12.5. The van der Waals surface area contributed by atoms with Gasteiger partial charge in [-0.3, -0.25) is 9.59 Å². The largest absolute Gasteiger partial charge is 0.385 e. The number of piperidine rings is 1. The van der Waals surface area contributed by atoms with E-state index in [0.717, 1.165) is 18.4 Å². The summed E-state index contributed by atoms with van der Waals surface area (Å²) in [5.74, 6) is 0.000915. The van der Waals surface area contributed by atoms with Crippen molar-refractivity contribution in [3.05, 3.63) is 48.6 Å². The first kappa shape index (κ1) is 18.6. The number of carbonyl (C=O) groups is 2. The van der Waals surface area contributed by atoms with Gasteiger partial charge in [-0.05, 0) is 50.2 Å². The van der Waals surface area contributed by atoms with Crippen molar-refractivity contribution in [2.45, 2.75) is 50.2 Å². The van der Waals surface area contributed by atoms with Crippen LogP contribution in [-0.4, -0.2) is 41.0 Å². The van der Waals surface area contributed by atoms with Crippen molar-refractivity contribution in [1.82, 2.24) is 10.2 Å². The summed E-state index contributed by atoms with van der Waals surface area (Å²) in [5, 5.41) is 14.1. The Labute approximate surface area is 155 Å². The van der Waals surface area contributed by atoms with Gasteiger partial charge < -0.3 is 15.3 Å². The van der Waals surface area contributed by atoms with Crippen LogP contribution in [0.25, 0.3) is 0 Å². The van der Waals surface area contributed by atoms with E-state index in [1.54, 1.807) is 4.90 Å². The lowest BCUT2D eigenvalue weighted by Crippen LogP contribution is -2.47. The number of hydrogen-bond acceptors (Lipinski definition) is 3. The molecule has 1 aliphatic heterocycles. The van der Waals surface area contributed by atoms with Gasteiger partial charge in [-0.2, -0.15) is 0 Å².